The van der Waals surface area contributed by atoms with Crippen molar-refractivity contribution in [1.29, 1.82) is 0 Å². The maximum atomic E-state index is 14.9. The third-order valence-electron chi connectivity index (χ3n) is 7.26. The Morgan fingerprint density at radius 1 is 1.06 bits per heavy atom. The molecule has 1 aliphatic carbocycles. The second-order valence-electron chi connectivity index (χ2n) is 9.48. The van der Waals surface area contributed by atoms with Gasteiger partial charge in [0.15, 0.2) is 5.13 Å². The normalized spacial score (nSPS) is 18.1. The second-order valence-corrected chi connectivity index (χ2v) is 10.3. The van der Waals surface area contributed by atoms with Crippen LogP contribution in [0.2, 0.25) is 0 Å². The van der Waals surface area contributed by atoms with Crippen LogP contribution in [0.15, 0.2) is 41.8 Å². The van der Waals surface area contributed by atoms with Gasteiger partial charge in [-0.15, -0.1) is 11.3 Å². The number of rotatable bonds is 5. The Kier molecular flexibility index (Phi) is 6.64. The van der Waals surface area contributed by atoms with Crippen molar-refractivity contribution in [1.82, 2.24) is 9.88 Å². The number of halogens is 2. The number of carbonyl (C=O) groups excluding carboxylic acids is 1. The molecule has 0 unspecified atom stereocenters. The lowest BCUT2D eigenvalue weighted by atomic mass is 9.75. The van der Waals surface area contributed by atoms with E-state index in [1.54, 1.807) is 0 Å². The van der Waals surface area contributed by atoms with Gasteiger partial charge < -0.3 is 9.80 Å². The minimum atomic E-state index is -0.873. The Morgan fingerprint density at radius 3 is 2.31 bits per heavy atom. The number of hydrogen-bond donors (Lipinski definition) is 1. The molecule has 2 aliphatic rings. The Bertz CT molecular complexity index is 1200. The highest BCUT2D eigenvalue weighted by Crippen LogP contribution is 2.46. The molecule has 1 aliphatic heterocycles. The van der Waals surface area contributed by atoms with Gasteiger partial charge in [-0.1, -0.05) is 42.6 Å². The van der Waals surface area contributed by atoms with Crippen molar-refractivity contribution in [3.8, 4) is 0 Å². The summed E-state index contributed by atoms with van der Waals surface area (Å²) in [6.07, 6.45) is 4.06. The van der Waals surface area contributed by atoms with Gasteiger partial charge >= 0.3 is 0 Å². The molecule has 5 rings (SSSR count). The topological polar surface area (TPSA) is 48.5 Å². The average Bonchev–Trinajstić information content (AvgIpc) is 3.50. The van der Waals surface area contributed by atoms with Crippen LogP contribution in [-0.2, 0) is 5.41 Å². The van der Waals surface area contributed by atoms with Gasteiger partial charge in [-0.05, 0) is 37.6 Å². The quantitative estimate of drug-likeness (QED) is 0.546. The van der Waals surface area contributed by atoms with Crippen LogP contribution in [0.1, 0.15) is 47.3 Å². The maximum Gasteiger partial charge on any atom is 0.263 e. The van der Waals surface area contributed by atoms with Crippen molar-refractivity contribution in [2.45, 2.75) is 31.1 Å². The number of aromatic nitrogens is 1. The van der Waals surface area contributed by atoms with Crippen molar-refractivity contribution in [3.05, 3.63) is 70.2 Å². The van der Waals surface area contributed by atoms with Crippen LogP contribution in [-0.4, -0.2) is 56.9 Å². The largest absolute Gasteiger partial charge is 0.369 e. The van der Waals surface area contributed by atoms with Gasteiger partial charge in [0.1, 0.15) is 25.0 Å². The van der Waals surface area contributed by atoms with Crippen molar-refractivity contribution < 1.29 is 13.6 Å². The molecule has 0 spiro atoms. The fraction of sp³-hybridized carbons (Fsp3) is 0.385. The van der Waals surface area contributed by atoms with E-state index in [4.69, 9.17) is 7.85 Å². The number of thiazole rings is 1. The van der Waals surface area contributed by atoms with Gasteiger partial charge in [0.25, 0.3) is 5.91 Å². The zero-order chi connectivity index (χ0) is 24.6. The molecule has 2 radical (unpaired) electrons. The highest BCUT2D eigenvalue weighted by Gasteiger charge is 2.39. The smallest absolute Gasteiger partial charge is 0.263 e. The van der Waals surface area contributed by atoms with Crippen LogP contribution < -0.4 is 15.7 Å². The van der Waals surface area contributed by atoms with Gasteiger partial charge in [0, 0.05) is 42.7 Å². The van der Waals surface area contributed by atoms with E-state index in [0.29, 0.717) is 29.4 Å². The summed E-state index contributed by atoms with van der Waals surface area (Å²) >= 11 is 1.27. The van der Waals surface area contributed by atoms with Crippen molar-refractivity contribution in [3.63, 3.8) is 0 Å². The van der Waals surface area contributed by atoms with Gasteiger partial charge in [0.05, 0.1) is 5.69 Å². The highest BCUT2D eigenvalue weighted by molar-refractivity contribution is 7.14. The Labute approximate surface area is 209 Å². The van der Waals surface area contributed by atoms with Crippen LogP contribution in [0, 0.1) is 11.6 Å². The number of carbonyl (C=O) groups is 1. The summed E-state index contributed by atoms with van der Waals surface area (Å²) in [7, 11) is 7.89. The van der Waals surface area contributed by atoms with E-state index in [1.165, 1.54) is 23.5 Å². The van der Waals surface area contributed by atoms with E-state index in [2.05, 4.69) is 15.2 Å². The average molecular weight is 492 g/mol. The van der Waals surface area contributed by atoms with Crippen molar-refractivity contribution >= 4 is 41.4 Å². The van der Waals surface area contributed by atoms with Crippen molar-refractivity contribution in [2.24, 2.45) is 0 Å². The number of nitrogens with one attached hydrogen (secondary N) is 1. The molecule has 2 fully saturated rings. The molecule has 2 heterocycles. The second kappa shape index (κ2) is 9.70. The predicted octanol–water partition coefficient (Wildman–Crippen LogP) is 4.08. The summed E-state index contributed by atoms with van der Waals surface area (Å²) in [5.41, 5.74) is 2.33. The third-order valence-corrected chi connectivity index (χ3v) is 8.02. The molecule has 0 bridgehead atoms. The number of anilines is 2. The molecule has 1 saturated heterocycles. The third kappa shape index (κ3) is 4.71. The Morgan fingerprint density at radius 2 is 1.69 bits per heavy atom. The zero-order valence-corrected chi connectivity index (χ0v) is 20.5. The van der Waals surface area contributed by atoms with Crippen LogP contribution in [0.4, 0.5) is 19.6 Å². The Hall–Kier alpha value is -2.78. The van der Waals surface area contributed by atoms with E-state index in [1.807, 2.05) is 41.6 Å². The zero-order valence-electron chi connectivity index (χ0n) is 19.7. The molecule has 3 aromatic rings. The summed E-state index contributed by atoms with van der Waals surface area (Å²) in [6, 6.07) is 10.3. The molecule has 5 nitrogen and oxygen atoms in total. The molecular formula is C26H27BF2N4OS. The standard InChI is InChI=1S/C26H27BF2N4OS/c1-32-10-12-33(13-11-32)19-14-20(28)23(21(29)15-19)24(34)31-25-30-22(16-35-25)26(8-2-3-9-26)17-4-6-18(27)7-5-17/h4-7,14-16H,2-3,8-13H2,1H3,(H,30,31,34). The van der Waals surface area contributed by atoms with Gasteiger partial charge in [-0.25, -0.2) is 13.8 Å². The lowest BCUT2D eigenvalue weighted by Crippen LogP contribution is -2.44. The predicted molar refractivity (Wildman–Crippen MR) is 137 cm³/mol. The molecule has 1 saturated carbocycles. The molecule has 1 amide bonds. The molecule has 35 heavy (non-hydrogen) atoms. The lowest BCUT2D eigenvalue weighted by Gasteiger charge is -2.34. The number of nitrogens with zero attached hydrogens (tertiary/aromatic N) is 3. The molecule has 1 aromatic heterocycles. The monoisotopic (exact) mass is 492 g/mol. The number of piperazine rings is 1. The van der Waals surface area contributed by atoms with Crippen LogP contribution in [0.25, 0.3) is 0 Å². The van der Waals surface area contributed by atoms with Crippen LogP contribution >= 0.6 is 11.3 Å². The first-order valence-corrected chi connectivity index (χ1v) is 12.8. The molecule has 0 atom stereocenters. The summed E-state index contributed by atoms with van der Waals surface area (Å²) in [5.74, 6) is -2.58. The molecule has 1 N–H and O–H groups in total. The molecular weight excluding hydrogens is 465 g/mol. The van der Waals surface area contributed by atoms with E-state index in [0.717, 1.165) is 50.0 Å². The number of likely N-dealkylation sites (N-methyl/N-ethyl adjacent to an activating group) is 1. The first kappa shape index (κ1) is 23.9. The molecule has 180 valence electrons. The SMILES string of the molecule is [B]c1ccc(C2(c3csc(NC(=O)c4c(F)cc(N5CCN(C)CC5)cc4F)n3)CCCC2)cc1. The maximum absolute atomic E-state index is 14.9. The van der Waals surface area contributed by atoms with Gasteiger partial charge in [-0.2, -0.15) is 0 Å². The molecule has 2 aromatic carbocycles. The van der Waals surface area contributed by atoms with Crippen LogP contribution in [0.5, 0.6) is 0 Å². The number of hydrogen-bond acceptors (Lipinski definition) is 5. The lowest BCUT2D eigenvalue weighted by molar-refractivity contribution is 0.101. The summed E-state index contributed by atoms with van der Waals surface area (Å²) in [4.78, 5) is 21.6. The van der Waals surface area contributed by atoms with Crippen LogP contribution in [0.3, 0.4) is 0 Å². The van der Waals surface area contributed by atoms with E-state index in [9.17, 15) is 13.6 Å². The fourth-order valence-electron chi connectivity index (χ4n) is 5.21. The van der Waals surface area contributed by atoms with E-state index in [-0.39, 0.29) is 5.41 Å². The minimum Gasteiger partial charge on any atom is -0.369 e. The summed E-state index contributed by atoms with van der Waals surface area (Å²) in [6.45, 7) is 2.99. The van der Waals surface area contributed by atoms with E-state index < -0.39 is 23.1 Å². The first-order chi connectivity index (χ1) is 16.9. The van der Waals surface area contributed by atoms with Gasteiger partial charge in [0.2, 0.25) is 0 Å². The Balaban J connectivity index is 1.36. The number of benzene rings is 2. The summed E-state index contributed by atoms with van der Waals surface area (Å²) < 4.78 is 29.8. The highest BCUT2D eigenvalue weighted by atomic mass is 32.1. The minimum absolute atomic E-state index is 0.242. The molecule has 9 heteroatoms. The fourth-order valence-corrected chi connectivity index (χ4v) is 6.01. The van der Waals surface area contributed by atoms with Crippen molar-refractivity contribution in [2.75, 3.05) is 43.4 Å². The number of amides is 1. The first-order valence-electron chi connectivity index (χ1n) is 11.9. The van der Waals surface area contributed by atoms with Gasteiger partial charge in [-0.3, -0.25) is 10.1 Å². The van der Waals surface area contributed by atoms with E-state index >= 15 is 0 Å². The summed E-state index contributed by atoms with van der Waals surface area (Å²) in [5, 5.41) is 4.87.